The van der Waals surface area contributed by atoms with Gasteiger partial charge in [0.1, 0.15) is 0 Å². The van der Waals surface area contributed by atoms with Crippen LogP contribution in [0.3, 0.4) is 0 Å². The largest absolute Gasteiger partial charge is 0.392 e. The number of ether oxygens (including phenoxy) is 1. The minimum Gasteiger partial charge on any atom is -0.392 e. The molecule has 0 radical (unpaired) electrons. The molecule has 1 unspecified atom stereocenters. The van der Waals surface area contributed by atoms with Crippen molar-refractivity contribution in [3.05, 3.63) is 28.2 Å². The SMILES string of the molecule is COCCNCc1cc(Br)ccc1N(C)CC(C)O. The molecule has 1 aromatic carbocycles. The van der Waals surface area contributed by atoms with Crippen LogP contribution in [0.2, 0.25) is 0 Å². The molecule has 0 aromatic heterocycles. The van der Waals surface area contributed by atoms with Crippen molar-refractivity contribution < 1.29 is 9.84 Å². The average Bonchev–Trinajstić information content (AvgIpc) is 2.34. The van der Waals surface area contributed by atoms with Gasteiger partial charge in [-0.05, 0) is 30.7 Å². The Balaban J connectivity index is 2.73. The van der Waals surface area contributed by atoms with Crippen molar-refractivity contribution in [1.29, 1.82) is 0 Å². The second-order valence-corrected chi connectivity index (χ2v) is 5.59. The second kappa shape index (κ2) is 8.53. The molecule has 0 amide bonds. The van der Waals surface area contributed by atoms with Crippen LogP contribution in [-0.4, -0.2) is 45.1 Å². The molecular formula is C14H23BrN2O2. The van der Waals surface area contributed by atoms with Crippen LogP contribution < -0.4 is 10.2 Å². The average molecular weight is 331 g/mol. The summed E-state index contributed by atoms with van der Waals surface area (Å²) in [7, 11) is 3.69. The molecule has 0 fully saturated rings. The van der Waals surface area contributed by atoms with Gasteiger partial charge in [-0.2, -0.15) is 0 Å². The summed E-state index contributed by atoms with van der Waals surface area (Å²) in [5.74, 6) is 0. The lowest BCUT2D eigenvalue weighted by atomic mass is 10.1. The number of methoxy groups -OCH3 is 1. The number of benzene rings is 1. The Hall–Kier alpha value is -0.620. The van der Waals surface area contributed by atoms with Crippen LogP contribution in [0.15, 0.2) is 22.7 Å². The molecule has 0 aliphatic rings. The van der Waals surface area contributed by atoms with Crippen LogP contribution >= 0.6 is 15.9 Å². The fourth-order valence-electron chi connectivity index (χ4n) is 1.96. The van der Waals surface area contributed by atoms with Crippen molar-refractivity contribution in [2.45, 2.75) is 19.6 Å². The molecule has 1 atom stereocenters. The summed E-state index contributed by atoms with van der Waals surface area (Å²) in [5, 5.41) is 12.8. The third-order valence-electron chi connectivity index (χ3n) is 2.79. The minimum atomic E-state index is -0.344. The highest BCUT2D eigenvalue weighted by Crippen LogP contribution is 2.24. The highest BCUT2D eigenvalue weighted by Gasteiger charge is 2.09. The van der Waals surface area contributed by atoms with Crippen LogP contribution in [0, 0.1) is 0 Å². The normalized spacial score (nSPS) is 12.5. The van der Waals surface area contributed by atoms with Gasteiger partial charge >= 0.3 is 0 Å². The summed E-state index contributed by atoms with van der Waals surface area (Å²) in [6.45, 7) is 4.72. The van der Waals surface area contributed by atoms with E-state index in [2.05, 4.69) is 38.3 Å². The topological polar surface area (TPSA) is 44.7 Å². The molecule has 0 heterocycles. The van der Waals surface area contributed by atoms with Crippen molar-refractivity contribution in [1.82, 2.24) is 5.32 Å². The van der Waals surface area contributed by atoms with Gasteiger partial charge in [-0.15, -0.1) is 0 Å². The van der Waals surface area contributed by atoms with Gasteiger partial charge in [0.05, 0.1) is 12.7 Å². The van der Waals surface area contributed by atoms with E-state index in [9.17, 15) is 5.11 Å². The van der Waals surface area contributed by atoms with E-state index in [1.165, 1.54) is 5.56 Å². The Morgan fingerprint density at radius 3 is 2.84 bits per heavy atom. The highest BCUT2D eigenvalue weighted by molar-refractivity contribution is 9.10. The molecule has 2 N–H and O–H groups in total. The predicted molar refractivity (Wildman–Crippen MR) is 82.7 cm³/mol. The Bertz CT molecular complexity index is 386. The molecule has 4 nitrogen and oxygen atoms in total. The number of halogens is 1. The lowest BCUT2D eigenvalue weighted by Crippen LogP contribution is -2.28. The number of aliphatic hydroxyl groups excluding tert-OH is 1. The van der Waals surface area contributed by atoms with Gasteiger partial charge in [-0.3, -0.25) is 0 Å². The van der Waals surface area contributed by atoms with E-state index in [1.807, 2.05) is 13.1 Å². The molecular weight excluding hydrogens is 308 g/mol. The molecule has 0 aliphatic heterocycles. The Morgan fingerprint density at radius 2 is 2.21 bits per heavy atom. The van der Waals surface area contributed by atoms with Crippen LogP contribution in [-0.2, 0) is 11.3 Å². The quantitative estimate of drug-likeness (QED) is 0.715. The van der Waals surface area contributed by atoms with Crippen molar-refractivity contribution >= 4 is 21.6 Å². The van der Waals surface area contributed by atoms with Gasteiger partial charge < -0.3 is 20.1 Å². The number of rotatable bonds is 8. The standard InChI is InChI=1S/C14H23BrN2O2/c1-11(18)10-17(2)14-5-4-13(15)8-12(14)9-16-6-7-19-3/h4-5,8,11,16,18H,6-7,9-10H2,1-3H3. The Morgan fingerprint density at radius 1 is 1.47 bits per heavy atom. The first-order valence-electron chi connectivity index (χ1n) is 6.42. The van der Waals surface area contributed by atoms with Crippen molar-refractivity contribution in [2.75, 3.05) is 38.8 Å². The zero-order valence-corrected chi connectivity index (χ0v) is 13.4. The molecule has 0 bridgehead atoms. The van der Waals surface area contributed by atoms with E-state index < -0.39 is 0 Å². The first kappa shape index (κ1) is 16.4. The molecule has 0 aliphatic carbocycles. The van der Waals surface area contributed by atoms with Gasteiger partial charge in [0.2, 0.25) is 0 Å². The number of nitrogens with zero attached hydrogens (tertiary/aromatic N) is 1. The van der Waals surface area contributed by atoms with E-state index in [-0.39, 0.29) is 6.10 Å². The minimum absolute atomic E-state index is 0.344. The Kier molecular flexibility index (Phi) is 7.38. The first-order chi connectivity index (χ1) is 9.04. The third-order valence-corrected chi connectivity index (χ3v) is 3.28. The van der Waals surface area contributed by atoms with Crippen LogP contribution in [0.5, 0.6) is 0 Å². The number of hydrogen-bond donors (Lipinski definition) is 2. The number of hydrogen-bond acceptors (Lipinski definition) is 4. The summed E-state index contributed by atoms with van der Waals surface area (Å²) in [5.41, 5.74) is 2.34. The monoisotopic (exact) mass is 330 g/mol. The van der Waals surface area contributed by atoms with Crippen molar-refractivity contribution in [3.8, 4) is 0 Å². The van der Waals surface area contributed by atoms with E-state index in [0.717, 1.165) is 23.2 Å². The van der Waals surface area contributed by atoms with Crippen LogP contribution in [0.4, 0.5) is 5.69 Å². The van der Waals surface area contributed by atoms with Gasteiger partial charge in [0.25, 0.3) is 0 Å². The second-order valence-electron chi connectivity index (χ2n) is 4.67. The van der Waals surface area contributed by atoms with Gasteiger partial charge in [0.15, 0.2) is 0 Å². The van der Waals surface area contributed by atoms with Crippen molar-refractivity contribution in [2.24, 2.45) is 0 Å². The summed E-state index contributed by atoms with van der Waals surface area (Å²) < 4.78 is 6.08. The number of nitrogens with one attached hydrogen (secondary N) is 1. The van der Waals surface area contributed by atoms with E-state index >= 15 is 0 Å². The number of anilines is 1. The number of aliphatic hydroxyl groups is 1. The molecule has 0 saturated heterocycles. The molecule has 1 aromatic rings. The zero-order chi connectivity index (χ0) is 14.3. The van der Waals surface area contributed by atoms with Gasteiger partial charge in [0, 0.05) is 44.0 Å². The predicted octanol–water partition coefficient (Wildman–Crippen LogP) is 2.00. The summed E-state index contributed by atoms with van der Waals surface area (Å²) >= 11 is 3.50. The lowest BCUT2D eigenvalue weighted by molar-refractivity contribution is 0.199. The molecule has 108 valence electrons. The molecule has 1 rings (SSSR count). The maximum absolute atomic E-state index is 9.49. The lowest BCUT2D eigenvalue weighted by Gasteiger charge is -2.24. The molecule has 0 spiro atoms. The maximum atomic E-state index is 9.49. The summed E-state index contributed by atoms with van der Waals surface area (Å²) in [6, 6.07) is 6.19. The Labute approximate surface area is 123 Å². The maximum Gasteiger partial charge on any atom is 0.0686 e. The van der Waals surface area contributed by atoms with Crippen LogP contribution in [0.25, 0.3) is 0 Å². The smallest absolute Gasteiger partial charge is 0.0686 e. The molecule has 5 heteroatoms. The first-order valence-corrected chi connectivity index (χ1v) is 7.21. The van der Waals surface area contributed by atoms with Crippen molar-refractivity contribution in [3.63, 3.8) is 0 Å². The fourth-order valence-corrected chi connectivity index (χ4v) is 2.37. The number of likely N-dealkylation sites (N-methyl/N-ethyl adjacent to an activating group) is 1. The van der Waals surface area contributed by atoms with Gasteiger partial charge in [-0.25, -0.2) is 0 Å². The third kappa shape index (κ3) is 5.91. The van der Waals surface area contributed by atoms with Crippen LogP contribution in [0.1, 0.15) is 12.5 Å². The zero-order valence-electron chi connectivity index (χ0n) is 11.8. The highest BCUT2D eigenvalue weighted by atomic mass is 79.9. The van der Waals surface area contributed by atoms with E-state index in [1.54, 1.807) is 14.0 Å². The summed E-state index contributed by atoms with van der Waals surface area (Å²) in [6.07, 6.45) is -0.344. The van der Waals surface area contributed by atoms with E-state index in [0.29, 0.717) is 13.2 Å². The molecule has 0 saturated carbocycles. The van der Waals surface area contributed by atoms with E-state index in [4.69, 9.17) is 4.74 Å². The summed E-state index contributed by atoms with van der Waals surface area (Å²) in [4.78, 5) is 2.07. The molecule has 19 heavy (non-hydrogen) atoms. The fraction of sp³-hybridized carbons (Fsp3) is 0.571. The van der Waals surface area contributed by atoms with Gasteiger partial charge in [-0.1, -0.05) is 15.9 Å².